The minimum Gasteiger partial charge on any atom is -0.348 e. The van der Waals surface area contributed by atoms with Crippen LogP contribution >= 0.6 is 0 Å². The van der Waals surface area contributed by atoms with E-state index in [9.17, 15) is 0 Å². The summed E-state index contributed by atoms with van der Waals surface area (Å²) in [6.07, 6.45) is 3.63. The molecule has 0 amide bonds. The van der Waals surface area contributed by atoms with Gasteiger partial charge in [0.15, 0.2) is 0 Å². The topological polar surface area (TPSA) is 44.0 Å². The highest BCUT2D eigenvalue weighted by molar-refractivity contribution is 5.67. The third kappa shape index (κ3) is 4.31. The lowest BCUT2D eigenvalue weighted by molar-refractivity contribution is 0.402. The summed E-state index contributed by atoms with van der Waals surface area (Å²) in [5.74, 6) is 0.959. The minimum absolute atomic E-state index is 0.739. The summed E-state index contributed by atoms with van der Waals surface area (Å²) < 4.78 is 0. The fraction of sp³-hybridized carbons (Fsp3) is 0.250. The van der Waals surface area contributed by atoms with Gasteiger partial charge in [0.2, 0.25) is 0 Å². The Kier molecular flexibility index (Phi) is 5.41. The summed E-state index contributed by atoms with van der Waals surface area (Å²) in [5.41, 5.74) is 5.16. The van der Waals surface area contributed by atoms with Crippen molar-refractivity contribution in [3.8, 4) is 11.1 Å². The number of nitrogens with one attached hydrogen (secondary N) is 2. The molecule has 0 unspecified atom stereocenters. The van der Waals surface area contributed by atoms with Crippen LogP contribution in [0.3, 0.4) is 0 Å². The van der Waals surface area contributed by atoms with Crippen LogP contribution < -0.4 is 5.32 Å². The first-order valence-electron chi connectivity index (χ1n) is 8.23. The lowest BCUT2D eigenvalue weighted by Gasteiger charge is -2.13. The van der Waals surface area contributed by atoms with E-state index in [0.717, 1.165) is 25.5 Å². The summed E-state index contributed by atoms with van der Waals surface area (Å²) in [6.45, 7) is 2.52. The number of hydrogen-bond acceptors (Lipinski definition) is 3. The van der Waals surface area contributed by atoms with Crippen LogP contribution in [0.25, 0.3) is 11.1 Å². The fourth-order valence-electron chi connectivity index (χ4n) is 2.82. The molecule has 0 spiro atoms. The van der Waals surface area contributed by atoms with Gasteiger partial charge in [0.1, 0.15) is 5.82 Å². The number of aromatic nitrogens is 2. The lowest BCUT2D eigenvalue weighted by atomic mass is 9.98. The molecule has 0 radical (unpaired) electrons. The zero-order valence-electron chi connectivity index (χ0n) is 14.3. The minimum atomic E-state index is 0.739. The molecule has 1 heterocycles. The van der Waals surface area contributed by atoms with Gasteiger partial charge in [-0.25, -0.2) is 4.98 Å². The molecule has 2 aromatic carbocycles. The molecule has 3 aromatic rings. The Hall–Kier alpha value is -2.43. The summed E-state index contributed by atoms with van der Waals surface area (Å²) in [7, 11) is 4.18. The maximum absolute atomic E-state index is 4.24. The van der Waals surface area contributed by atoms with Crippen molar-refractivity contribution in [1.29, 1.82) is 0 Å². The number of hydrogen-bond donors (Lipinski definition) is 2. The molecule has 2 N–H and O–H groups in total. The van der Waals surface area contributed by atoms with Gasteiger partial charge < -0.3 is 15.2 Å². The Morgan fingerprint density at radius 1 is 1.00 bits per heavy atom. The Bertz CT molecular complexity index is 746. The van der Waals surface area contributed by atoms with E-state index >= 15 is 0 Å². The highest BCUT2D eigenvalue weighted by Crippen LogP contribution is 2.24. The zero-order valence-corrected chi connectivity index (χ0v) is 14.3. The maximum atomic E-state index is 4.24. The molecular formula is C20H24N4. The smallest absolute Gasteiger partial charge is 0.120 e. The van der Waals surface area contributed by atoms with E-state index in [2.05, 4.69) is 82.8 Å². The van der Waals surface area contributed by atoms with Crippen molar-refractivity contribution in [1.82, 2.24) is 20.2 Å². The number of benzene rings is 2. The van der Waals surface area contributed by atoms with Crippen molar-refractivity contribution in [2.75, 3.05) is 14.1 Å². The second-order valence-electron chi connectivity index (χ2n) is 6.23. The summed E-state index contributed by atoms with van der Waals surface area (Å²) >= 11 is 0. The largest absolute Gasteiger partial charge is 0.348 e. The van der Waals surface area contributed by atoms with E-state index < -0.39 is 0 Å². The molecule has 0 aliphatic heterocycles. The molecule has 0 aliphatic carbocycles. The van der Waals surface area contributed by atoms with E-state index in [4.69, 9.17) is 0 Å². The molecule has 0 fully saturated rings. The zero-order chi connectivity index (χ0) is 16.8. The van der Waals surface area contributed by atoms with Gasteiger partial charge in [-0.3, -0.25) is 0 Å². The van der Waals surface area contributed by atoms with E-state index in [1.165, 1.54) is 22.3 Å². The van der Waals surface area contributed by atoms with Crippen molar-refractivity contribution in [3.05, 3.63) is 77.9 Å². The predicted octanol–water partition coefficient (Wildman–Crippen LogP) is 3.43. The predicted molar refractivity (Wildman–Crippen MR) is 98.4 cm³/mol. The molecular weight excluding hydrogens is 296 g/mol. The van der Waals surface area contributed by atoms with Gasteiger partial charge in [-0.15, -0.1) is 0 Å². The molecule has 4 heteroatoms. The van der Waals surface area contributed by atoms with Gasteiger partial charge in [-0.05, 0) is 36.3 Å². The molecule has 0 saturated carbocycles. The number of nitrogens with zero attached hydrogens (tertiary/aromatic N) is 2. The van der Waals surface area contributed by atoms with Crippen molar-refractivity contribution in [2.24, 2.45) is 0 Å². The van der Waals surface area contributed by atoms with E-state index in [-0.39, 0.29) is 0 Å². The molecule has 0 aliphatic rings. The SMILES string of the molecule is CN(C)Cc1ccc(-c2ccccc2CNCc2ncc[nH]2)cc1. The van der Waals surface area contributed by atoms with Crippen molar-refractivity contribution in [3.63, 3.8) is 0 Å². The second kappa shape index (κ2) is 7.90. The number of aromatic amines is 1. The average molecular weight is 320 g/mol. The van der Waals surface area contributed by atoms with Crippen LogP contribution in [-0.4, -0.2) is 29.0 Å². The normalized spacial score (nSPS) is 11.1. The van der Waals surface area contributed by atoms with Crippen LogP contribution in [0.4, 0.5) is 0 Å². The van der Waals surface area contributed by atoms with Gasteiger partial charge in [0.25, 0.3) is 0 Å². The molecule has 124 valence electrons. The fourth-order valence-corrected chi connectivity index (χ4v) is 2.82. The first kappa shape index (κ1) is 16.4. The summed E-state index contributed by atoms with van der Waals surface area (Å²) in [4.78, 5) is 9.54. The molecule has 1 aromatic heterocycles. The average Bonchev–Trinajstić information content (AvgIpc) is 3.09. The molecule has 24 heavy (non-hydrogen) atoms. The number of imidazole rings is 1. The standard InChI is InChI=1S/C20H24N4/c1-24(2)15-16-7-9-17(10-8-16)19-6-4-3-5-18(19)13-21-14-20-22-11-12-23-20/h3-12,21H,13-15H2,1-2H3,(H,22,23). The Morgan fingerprint density at radius 3 is 2.50 bits per heavy atom. The number of H-pyrrole nitrogens is 1. The van der Waals surface area contributed by atoms with Gasteiger partial charge in [0, 0.05) is 25.5 Å². The van der Waals surface area contributed by atoms with Gasteiger partial charge in [0.05, 0.1) is 6.54 Å². The summed E-state index contributed by atoms with van der Waals surface area (Å²) in [6, 6.07) is 17.4. The first-order valence-corrected chi connectivity index (χ1v) is 8.23. The van der Waals surface area contributed by atoms with Crippen molar-refractivity contribution < 1.29 is 0 Å². The van der Waals surface area contributed by atoms with Gasteiger partial charge in [-0.1, -0.05) is 48.5 Å². The first-order chi connectivity index (χ1) is 11.7. The third-order valence-corrected chi connectivity index (χ3v) is 3.94. The molecule has 0 saturated heterocycles. The van der Waals surface area contributed by atoms with Crippen LogP contribution in [-0.2, 0) is 19.6 Å². The monoisotopic (exact) mass is 320 g/mol. The highest BCUT2D eigenvalue weighted by atomic mass is 15.0. The quantitative estimate of drug-likeness (QED) is 0.701. The lowest BCUT2D eigenvalue weighted by Crippen LogP contribution is -2.14. The van der Waals surface area contributed by atoms with E-state index in [1.807, 2.05) is 6.20 Å². The second-order valence-corrected chi connectivity index (χ2v) is 6.23. The van der Waals surface area contributed by atoms with Crippen LogP contribution in [0.15, 0.2) is 60.9 Å². The van der Waals surface area contributed by atoms with Crippen LogP contribution in [0.1, 0.15) is 17.0 Å². The van der Waals surface area contributed by atoms with Crippen molar-refractivity contribution >= 4 is 0 Å². The molecule has 0 bridgehead atoms. The van der Waals surface area contributed by atoms with Gasteiger partial charge >= 0.3 is 0 Å². The van der Waals surface area contributed by atoms with E-state index in [1.54, 1.807) is 6.20 Å². The van der Waals surface area contributed by atoms with Crippen LogP contribution in [0, 0.1) is 0 Å². The van der Waals surface area contributed by atoms with Gasteiger partial charge in [-0.2, -0.15) is 0 Å². The molecule has 0 atom stereocenters. The Morgan fingerprint density at radius 2 is 1.79 bits per heavy atom. The van der Waals surface area contributed by atoms with Crippen LogP contribution in [0.2, 0.25) is 0 Å². The van der Waals surface area contributed by atoms with Crippen molar-refractivity contribution in [2.45, 2.75) is 19.6 Å². The Balaban J connectivity index is 1.71. The summed E-state index contributed by atoms with van der Waals surface area (Å²) in [5, 5.41) is 3.45. The molecule has 4 nitrogen and oxygen atoms in total. The molecule has 3 rings (SSSR count). The highest BCUT2D eigenvalue weighted by Gasteiger charge is 2.05. The number of rotatable bonds is 7. The Labute approximate surface area is 143 Å². The van der Waals surface area contributed by atoms with E-state index in [0.29, 0.717) is 0 Å². The maximum Gasteiger partial charge on any atom is 0.120 e. The van der Waals surface area contributed by atoms with Crippen LogP contribution in [0.5, 0.6) is 0 Å². The third-order valence-electron chi connectivity index (χ3n) is 3.94.